The number of aromatic hydroxyl groups is 1. The van der Waals surface area contributed by atoms with Crippen molar-refractivity contribution in [1.82, 2.24) is 9.38 Å². The monoisotopic (exact) mass is 318 g/mol. The van der Waals surface area contributed by atoms with Crippen LogP contribution in [0.1, 0.15) is 16.3 Å². The Morgan fingerprint density at radius 2 is 2.00 bits per heavy atom. The van der Waals surface area contributed by atoms with E-state index in [1.165, 1.54) is 10.5 Å². The number of ether oxygens (including phenoxy) is 1. The third kappa shape index (κ3) is 2.44. The van der Waals surface area contributed by atoms with Crippen LogP contribution in [-0.4, -0.2) is 25.6 Å². The van der Waals surface area contributed by atoms with Gasteiger partial charge in [0.05, 0.1) is 5.52 Å². The molecule has 7 heteroatoms. The number of carboxylic acid groups (broad SMARTS) is 1. The average Bonchev–Trinajstić information content (AvgIpc) is 2.87. The first-order valence-electron chi connectivity index (χ1n) is 6.38. The third-order valence-corrected chi connectivity index (χ3v) is 3.40. The molecule has 0 saturated carbocycles. The predicted molar refractivity (Wildman–Crippen MR) is 79.6 cm³/mol. The van der Waals surface area contributed by atoms with Crippen molar-refractivity contribution in [2.45, 2.75) is 6.61 Å². The van der Waals surface area contributed by atoms with E-state index in [0.717, 1.165) is 0 Å². The lowest BCUT2D eigenvalue weighted by molar-refractivity contribution is 0.0693. The average molecular weight is 319 g/mol. The van der Waals surface area contributed by atoms with Gasteiger partial charge < -0.3 is 14.9 Å². The van der Waals surface area contributed by atoms with Gasteiger partial charge in [-0.25, -0.2) is 9.78 Å². The molecule has 1 aromatic carbocycles. The van der Waals surface area contributed by atoms with E-state index in [9.17, 15) is 15.0 Å². The molecule has 2 N–H and O–H groups in total. The number of imidazole rings is 1. The topological polar surface area (TPSA) is 84.1 Å². The second-order valence-corrected chi connectivity index (χ2v) is 4.89. The standard InChI is InChI=1S/C15H11ClN2O4/c16-12-7-3-4-9-14(15(20)21)17-13(18(9)12)8-22-11-6-2-1-5-10(11)19/h1-7,19H,8H2,(H,20,21). The van der Waals surface area contributed by atoms with Crippen molar-refractivity contribution >= 4 is 23.1 Å². The number of pyridine rings is 1. The Labute approximate surface area is 130 Å². The largest absolute Gasteiger partial charge is 0.504 e. The summed E-state index contributed by atoms with van der Waals surface area (Å²) in [6.07, 6.45) is 0. The van der Waals surface area contributed by atoms with Crippen molar-refractivity contribution < 1.29 is 19.7 Å². The van der Waals surface area contributed by atoms with Gasteiger partial charge in [0.25, 0.3) is 0 Å². The van der Waals surface area contributed by atoms with Crippen molar-refractivity contribution in [2.75, 3.05) is 0 Å². The van der Waals surface area contributed by atoms with E-state index >= 15 is 0 Å². The van der Waals surface area contributed by atoms with E-state index in [0.29, 0.717) is 16.5 Å². The van der Waals surface area contributed by atoms with Gasteiger partial charge in [-0.15, -0.1) is 0 Å². The molecule has 3 aromatic rings. The summed E-state index contributed by atoms with van der Waals surface area (Å²) in [6.45, 7) is -0.0320. The number of benzene rings is 1. The van der Waals surface area contributed by atoms with Crippen LogP contribution in [0.2, 0.25) is 5.15 Å². The minimum Gasteiger partial charge on any atom is -0.504 e. The van der Waals surface area contributed by atoms with Crippen LogP contribution in [0.3, 0.4) is 0 Å². The summed E-state index contributed by atoms with van der Waals surface area (Å²) in [5.41, 5.74) is 0.286. The van der Waals surface area contributed by atoms with E-state index in [4.69, 9.17) is 16.3 Å². The second-order valence-electron chi connectivity index (χ2n) is 4.51. The molecule has 0 saturated heterocycles. The third-order valence-electron chi connectivity index (χ3n) is 3.11. The van der Waals surface area contributed by atoms with Crippen LogP contribution >= 0.6 is 11.6 Å². The minimum atomic E-state index is -1.14. The van der Waals surface area contributed by atoms with Crippen molar-refractivity contribution in [3.63, 3.8) is 0 Å². The lowest BCUT2D eigenvalue weighted by atomic mass is 10.3. The van der Waals surface area contributed by atoms with Crippen LogP contribution in [-0.2, 0) is 6.61 Å². The van der Waals surface area contributed by atoms with E-state index < -0.39 is 5.97 Å². The maximum Gasteiger partial charge on any atom is 0.356 e. The molecule has 0 fully saturated rings. The van der Waals surface area contributed by atoms with Crippen molar-refractivity contribution in [2.24, 2.45) is 0 Å². The van der Waals surface area contributed by atoms with E-state index in [-0.39, 0.29) is 23.8 Å². The summed E-state index contributed by atoms with van der Waals surface area (Å²) in [5, 5.41) is 19.2. The number of fused-ring (bicyclic) bond motifs is 1. The van der Waals surface area contributed by atoms with E-state index in [1.807, 2.05) is 0 Å². The quantitative estimate of drug-likeness (QED) is 0.722. The molecule has 0 bridgehead atoms. The molecule has 0 spiro atoms. The van der Waals surface area contributed by atoms with Gasteiger partial charge in [-0.05, 0) is 24.3 Å². The van der Waals surface area contributed by atoms with Crippen molar-refractivity contribution in [3.8, 4) is 11.5 Å². The maximum atomic E-state index is 11.3. The number of para-hydroxylation sites is 2. The smallest absolute Gasteiger partial charge is 0.356 e. The highest BCUT2D eigenvalue weighted by molar-refractivity contribution is 6.29. The van der Waals surface area contributed by atoms with Gasteiger partial charge in [0, 0.05) is 0 Å². The molecule has 0 amide bonds. The van der Waals surface area contributed by atoms with Gasteiger partial charge in [0.2, 0.25) is 0 Å². The zero-order chi connectivity index (χ0) is 15.7. The molecule has 0 aliphatic rings. The number of phenolic OH excluding ortho intramolecular Hbond substituents is 1. The number of phenols is 1. The van der Waals surface area contributed by atoms with Crippen molar-refractivity contribution in [1.29, 1.82) is 0 Å². The fraction of sp³-hybridized carbons (Fsp3) is 0.0667. The molecule has 0 unspecified atom stereocenters. The van der Waals surface area contributed by atoms with Gasteiger partial charge in [0.15, 0.2) is 23.0 Å². The number of aromatic nitrogens is 2. The van der Waals surface area contributed by atoms with Gasteiger partial charge >= 0.3 is 5.97 Å². The first-order chi connectivity index (χ1) is 10.6. The highest BCUT2D eigenvalue weighted by Gasteiger charge is 2.18. The minimum absolute atomic E-state index is 0.00656. The Bertz CT molecular complexity index is 860. The van der Waals surface area contributed by atoms with Gasteiger partial charge in [-0.2, -0.15) is 0 Å². The Morgan fingerprint density at radius 1 is 1.23 bits per heavy atom. The summed E-state index contributed by atoms with van der Waals surface area (Å²) in [7, 11) is 0. The summed E-state index contributed by atoms with van der Waals surface area (Å²) in [4.78, 5) is 15.3. The SMILES string of the molecule is O=C(O)c1nc(COc2ccccc2O)n2c(Cl)cccc12. The predicted octanol–water partition coefficient (Wildman–Crippen LogP) is 2.97. The molecule has 3 rings (SSSR count). The van der Waals surface area contributed by atoms with Crippen molar-refractivity contribution in [3.05, 3.63) is 59.1 Å². The number of carbonyl (C=O) groups is 1. The van der Waals surface area contributed by atoms with Crippen LogP contribution in [0.15, 0.2) is 42.5 Å². The molecule has 2 aromatic heterocycles. The number of nitrogens with zero attached hydrogens (tertiary/aromatic N) is 2. The molecule has 0 atom stereocenters. The lowest BCUT2D eigenvalue weighted by Crippen LogP contribution is -2.02. The molecule has 22 heavy (non-hydrogen) atoms. The molecule has 0 radical (unpaired) electrons. The van der Waals surface area contributed by atoms with Gasteiger partial charge in [-0.1, -0.05) is 29.8 Å². The summed E-state index contributed by atoms with van der Waals surface area (Å²) >= 11 is 6.12. The fourth-order valence-corrected chi connectivity index (χ4v) is 2.40. The zero-order valence-corrected chi connectivity index (χ0v) is 12.0. The second kappa shape index (κ2) is 5.57. The zero-order valence-electron chi connectivity index (χ0n) is 11.2. The van der Waals surface area contributed by atoms with Gasteiger partial charge in [-0.3, -0.25) is 4.40 Å². The van der Waals surface area contributed by atoms with E-state index in [2.05, 4.69) is 4.98 Å². The summed E-state index contributed by atoms with van der Waals surface area (Å²) in [6, 6.07) is 11.4. The molecular formula is C15H11ClN2O4. The Morgan fingerprint density at radius 3 is 2.73 bits per heavy atom. The Hall–Kier alpha value is -2.73. The first kappa shape index (κ1) is 14.2. The molecule has 0 aliphatic heterocycles. The lowest BCUT2D eigenvalue weighted by Gasteiger charge is -2.07. The number of hydrogen-bond acceptors (Lipinski definition) is 4. The number of halogens is 1. The van der Waals surface area contributed by atoms with Crippen LogP contribution in [0, 0.1) is 0 Å². The fourth-order valence-electron chi connectivity index (χ4n) is 2.14. The Kier molecular flexibility index (Phi) is 3.60. The number of rotatable bonds is 4. The Balaban J connectivity index is 2.00. The van der Waals surface area contributed by atoms with Crippen LogP contribution in [0.5, 0.6) is 11.5 Å². The number of aromatic carboxylic acids is 1. The number of carboxylic acids is 1. The molecule has 6 nitrogen and oxygen atoms in total. The molecular weight excluding hydrogens is 308 g/mol. The van der Waals surface area contributed by atoms with Gasteiger partial charge in [0.1, 0.15) is 11.8 Å². The highest BCUT2D eigenvalue weighted by atomic mass is 35.5. The summed E-state index contributed by atoms with van der Waals surface area (Å²) < 4.78 is 7.00. The van der Waals surface area contributed by atoms with Crippen LogP contribution < -0.4 is 4.74 Å². The first-order valence-corrected chi connectivity index (χ1v) is 6.75. The normalized spacial score (nSPS) is 10.8. The summed E-state index contributed by atoms with van der Waals surface area (Å²) in [5.74, 6) is -0.536. The van der Waals surface area contributed by atoms with E-state index in [1.54, 1.807) is 36.4 Å². The molecule has 2 heterocycles. The van der Waals surface area contributed by atoms with Crippen LogP contribution in [0.25, 0.3) is 5.52 Å². The molecule has 112 valence electrons. The highest BCUT2D eigenvalue weighted by Crippen LogP contribution is 2.26. The molecule has 0 aliphatic carbocycles. The number of hydrogen-bond donors (Lipinski definition) is 2. The van der Waals surface area contributed by atoms with Crippen LogP contribution in [0.4, 0.5) is 0 Å². The maximum absolute atomic E-state index is 11.3.